The Bertz CT molecular complexity index is 713. The van der Waals surface area contributed by atoms with E-state index in [1.807, 2.05) is 30.3 Å². The number of phenolic OH excluding ortho intramolecular Hbond substituents is 1. The zero-order chi connectivity index (χ0) is 17.5. The average Bonchev–Trinajstić information content (AvgIpc) is 2.57. The molecule has 24 heavy (non-hydrogen) atoms. The van der Waals surface area contributed by atoms with E-state index in [0.717, 1.165) is 11.1 Å². The van der Waals surface area contributed by atoms with E-state index in [2.05, 4.69) is 0 Å². The number of phenols is 1. The second-order valence-electron chi connectivity index (χ2n) is 5.48. The van der Waals surface area contributed by atoms with E-state index < -0.39 is 11.9 Å². The van der Waals surface area contributed by atoms with E-state index in [1.54, 1.807) is 19.1 Å². The van der Waals surface area contributed by atoms with Crippen molar-refractivity contribution < 1.29 is 19.4 Å². The first-order valence-corrected chi connectivity index (χ1v) is 7.78. The van der Waals surface area contributed by atoms with Crippen LogP contribution in [0.5, 0.6) is 5.75 Å². The molecule has 126 valence electrons. The molecule has 0 saturated heterocycles. The van der Waals surface area contributed by atoms with Gasteiger partial charge in [0.25, 0.3) is 5.91 Å². The highest BCUT2D eigenvalue weighted by Crippen LogP contribution is 2.22. The molecule has 0 spiro atoms. The number of aromatic hydroxyl groups is 1. The van der Waals surface area contributed by atoms with Gasteiger partial charge in [0, 0.05) is 7.05 Å². The summed E-state index contributed by atoms with van der Waals surface area (Å²) in [4.78, 5) is 25.2. The lowest BCUT2D eigenvalue weighted by molar-refractivity contribution is -0.143. The van der Waals surface area contributed by atoms with Crippen molar-refractivity contribution >= 4 is 11.9 Å². The van der Waals surface area contributed by atoms with Gasteiger partial charge < -0.3 is 14.7 Å². The Morgan fingerprint density at radius 1 is 1.08 bits per heavy atom. The minimum absolute atomic E-state index is 0.104. The molecule has 0 aliphatic heterocycles. The Labute approximate surface area is 141 Å². The van der Waals surface area contributed by atoms with Crippen LogP contribution in [0.1, 0.15) is 28.4 Å². The fourth-order valence-corrected chi connectivity index (χ4v) is 2.37. The van der Waals surface area contributed by atoms with Crippen LogP contribution in [0.25, 0.3) is 0 Å². The minimum atomic E-state index is -0.478. The zero-order valence-electron chi connectivity index (χ0n) is 13.9. The summed E-state index contributed by atoms with van der Waals surface area (Å²) in [5, 5.41) is 9.99. The largest absolute Gasteiger partial charge is 0.507 e. The molecular formula is C19H21NO4. The Morgan fingerprint density at radius 3 is 2.46 bits per heavy atom. The highest BCUT2D eigenvalue weighted by Gasteiger charge is 2.19. The number of esters is 1. The molecule has 5 nitrogen and oxygen atoms in total. The summed E-state index contributed by atoms with van der Waals surface area (Å²) < 4.78 is 4.84. The third kappa shape index (κ3) is 4.59. The van der Waals surface area contributed by atoms with Crippen LogP contribution in [-0.2, 0) is 16.0 Å². The summed E-state index contributed by atoms with van der Waals surface area (Å²) in [6, 6.07) is 14.8. The summed E-state index contributed by atoms with van der Waals surface area (Å²) in [5.74, 6) is -1.00. The summed E-state index contributed by atoms with van der Waals surface area (Å²) in [7, 11) is 1.50. The molecule has 0 aliphatic rings. The van der Waals surface area contributed by atoms with Crippen LogP contribution in [0.4, 0.5) is 0 Å². The molecule has 0 radical (unpaired) electrons. The van der Waals surface area contributed by atoms with Gasteiger partial charge in [-0.15, -0.1) is 0 Å². The average molecular weight is 327 g/mol. The third-order valence-electron chi connectivity index (χ3n) is 3.56. The van der Waals surface area contributed by atoms with E-state index in [-0.39, 0.29) is 24.5 Å². The number of hydrogen-bond acceptors (Lipinski definition) is 4. The SMILES string of the molecule is CCOC(=O)CN(C)C(=O)c1cc(Cc2ccccc2)ccc1O. The van der Waals surface area contributed by atoms with Gasteiger partial charge in [0.05, 0.1) is 12.2 Å². The fourth-order valence-electron chi connectivity index (χ4n) is 2.37. The molecule has 0 fully saturated rings. The molecule has 1 N–H and O–H groups in total. The van der Waals surface area contributed by atoms with E-state index in [9.17, 15) is 14.7 Å². The van der Waals surface area contributed by atoms with Gasteiger partial charge in [-0.25, -0.2) is 0 Å². The molecule has 2 aromatic rings. The lowest BCUT2D eigenvalue weighted by atomic mass is 10.0. The number of carbonyl (C=O) groups is 2. The normalized spacial score (nSPS) is 10.2. The number of rotatable bonds is 6. The Balaban J connectivity index is 2.15. The molecule has 2 aromatic carbocycles. The van der Waals surface area contributed by atoms with Crippen LogP contribution in [-0.4, -0.2) is 42.1 Å². The number of amides is 1. The minimum Gasteiger partial charge on any atom is -0.507 e. The number of carbonyl (C=O) groups excluding carboxylic acids is 2. The second-order valence-corrected chi connectivity index (χ2v) is 5.48. The first kappa shape index (κ1) is 17.5. The zero-order valence-corrected chi connectivity index (χ0v) is 13.9. The van der Waals surface area contributed by atoms with Gasteiger partial charge in [0.15, 0.2) is 0 Å². The Kier molecular flexibility index (Phi) is 5.95. The standard InChI is InChI=1S/C19H21NO4/c1-3-24-18(22)13-20(2)19(23)16-12-15(9-10-17(16)21)11-14-7-5-4-6-8-14/h4-10,12,21H,3,11,13H2,1-2H3. The molecule has 0 heterocycles. The number of hydrogen-bond donors (Lipinski definition) is 1. The quantitative estimate of drug-likeness (QED) is 0.828. The smallest absolute Gasteiger partial charge is 0.325 e. The van der Waals surface area contributed by atoms with Crippen molar-refractivity contribution in [2.75, 3.05) is 20.2 Å². The summed E-state index contributed by atoms with van der Waals surface area (Å²) in [5.41, 5.74) is 2.20. The molecule has 0 saturated carbocycles. The maximum Gasteiger partial charge on any atom is 0.325 e. The topological polar surface area (TPSA) is 66.8 Å². The van der Waals surface area contributed by atoms with Crippen LogP contribution in [0.3, 0.4) is 0 Å². The molecule has 0 unspecified atom stereocenters. The molecule has 1 amide bonds. The predicted molar refractivity (Wildman–Crippen MR) is 90.9 cm³/mol. The number of likely N-dealkylation sites (N-methyl/N-ethyl adjacent to an activating group) is 1. The highest BCUT2D eigenvalue weighted by atomic mass is 16.5. The third-order valence-corrected chi connectivity index (χ3v) is 3.56. The van der Waals surface area contributed by atoms with Crippen molar-refractivity contribution in [1.82, 2.24) is 4.90 Å². The van der Waals surface area contributed by atoms with E-state index in [0.29, 0.717) is 6.42 Å². The molecular weight excluding hydrogens is 306 g/mol. The molecule has 0 aliphatic carbocycles. The van der Waals surface area contributed by atoms with Crippen LogP contribution in [0, 0.1) is 0 Å². The first-order chi connectivity index (χ1) is 11.5. The number of benzene rings is 2. The van der Waals surface area contributed by atoms with Crippen LogP contribution in [0.15, 0.2) is 48.5 Å². The molecule has 2 rings (SSSR count). The fraction of sp³-hybridized carbons (Fsp3) is 0.263. The van der Waals surface area contributed by atoms with Crippen LogP contribution >= 0.6 is 0 Å². The summed E-state index contributed by atoms with van der Waals surface area (Å²) in [6.07, 6.45) is 0.656. The second kappa shape index (κ2) is 8.15. The van der Waals surface area contributed by atoms with Crippen LogP contribution in [0.2, 0.25) is 0 Å². The van der Waals surface area contributed by atoms with Gasteiger partial charge in [0.2, 0.25) is 0 Å². The van der Waals surface area contributed by atoms with E-state index in [4.69, 9.17) is 4.74 Å². The highest BCUT2D eigenvalue weighted by molar-refractivity contribution is 5.98. The van der Waals surface area contributed by atoms with E-state index >= 15 is 0 Å². The molecule has 0 bridgehead atoms. The maximum atomic E-state index is 12.5. The van der Waals surface area contributed by atoms with Crippen LogP contribution < -0.4 is 0 Å². The lowest BCUT2D eigenvalue weighted by Crippen LogP contribution is -2.33. The van der Waals surface area contributed by atoms with Crippen molar-refractivity contribution in [2.24, 2.45) is 0 Å². The monoisotopic (exact) mass is 327 g/mol. The first-order valence-electron chi connectivity index (χ1n) is 7.78. The predicted octanol–water partition coefficient (Wildman–Crippen LogP) is 2.62. The van der Waals surface area contributed by atoms with Gasteiger partial charge in [-0.1, -0.05) is 36.4 Å². The Hall–Kier alpha value is -2.82. The van der Waals surface area contributed by atoms with Crippen molar-refractivity contribution in [1.29, 1.82) is 0 Å². The molecule has 0 atom stereocenters. The van der Waals surface area contributed by atoms with Crippen molar-refractivity contribution in [3.8, 4) is 5.75 Å². The van der Waals surface area contributed by atoms with Crippen molar-refractivity contribution in [2.45, 2.75) is 13.3 Å². The maximum absolute atomic E-state index is 12.5. The van der Waals surface area contributed by atoms with Gasteiger partial charge in [-0.3, -0.25) is 9.59 Å². The summed E-state index contributed by atoms with van der Waals surface area (Å²) in [6.45, 7) is 1.81. The van der Waals surface area contributed by atoms with Crippen molar-refractivity contribution in [3.05, 3.63) is 65.2 Å². The molecule has 0 aromatic heterocycles. The number of nitrogens with zero attached hydrogens (tertiary/aromatic N) is 1. The van der Waals surface area contributed by atoms with Gasteiger partial charge in [-0.05, 0) is 36.6 Å². The van der Waals surface area contributed by atoms with Crippen molar-refractivity contribution in [3.63, 3.8) is 0 Å². The van der Waals surface area contributed by atoms with Gasteiger partial charge in [0.1, 0.15) is 12.3 Å². The lowest BCUT2D eigenvalue weighted by Gasteiger charge is -2.17. The van der Waals surface area contributed by atoms with Gasteiger partial charge in [-0.2, -0.15) is 0 Å². The van der Waals surface area contributed by atoms with E-state index in [1.165, 1.54) is 18.0 Å². The molecule has 5 heteroatoms. The van der Waals surface area contributed by atoms with Gasteiger partial charge >= 0.3 is 5.97 Å². The summed E-state index contributed by atoms with van der Waals surface area (Å²) >= 11 is 0. The number of ether oxygens (including phenoxy) is 1. The Morgan fingerprint density at radius 2 is 1.79 bits per heavy atom.